The van der Waals surface area contributed by atoms with Gasteiger partial charge in [0, 0.05) is 18.8 Å². The van der Waals surface area contributed by atoms with Gasteiger partial charge in [0.15, 0.2) is 27.0 Å². The molecular formula is C34H48O7Si. The Morgan fingerprint density at radius 3 is 2.31 bits per heavy atom. The van der Waals surface area contributed by atoms with Crippen LogP contribution >= 0.6 is 0 Å². The lowest BCUT2D eigenvalue weighted by atomic mass is 10.1. The lowest BCUT2D eigenvalue weighted by molar-refractivity contribution is -0.196. The average molecular weight is 597 g/mol. The molecule has 5 atom stereocenters. The Morgan fingerprint density at radius 2 is 1.69 bits per heavy atom. The number of esters is 1. The molecule has 8 heteroatoms. The minimum absolute atomic E-state index is 0.0529. The highest BCUT2D eigenvalue weighted by Gasteiger charge is 2.48. The Morgan fingerprint density at radius 1 is 1.02 bits per heavy atom. The van der Waals surface area contributed by atoms with Crippen LogP contribution < -0.4 is 0 Å². The Bertz CT molecular complexity index is 1150. The van der Waals surface area contributed by atoms with Crippen molar-refractivity contribution in [2.75, 3.05) is 19.8 Å². The normalized spacial score (nSPS) is 27.1. The average Bonchev–Trinajstić information content (AvgIpc) is 3.27. The second kappa shape index (κ2) is 15.0. The number of benzene rings is 1. The predicted octanol–water partition coefficient (Wildman–Crippen LogP) is 6.95. The van der Waals surface area contributed by atoms with E-state index in [2.05, 4.69) is 45.7 Å². The molecule has 2 saturated heterocycles. The number of hydrogen-bond acceptors (Lipinski definition) is 7. The molecule has 1 aliphatic carbocycles. The van der Waals surface area contributed by atoms with Gasteiger partial charge in [-0.3, -0.25) is 0 Å². The van der Waals surface area contributed by atoms with Gasteiger partial charge >= 0.3 is 5.97 Å². The first-order valence-corrected chi connectivity index (χ1v) is 18.3. The van der Waals surface area contributed by atoms with Gasteiger partial charge in [-0.2, -0.15) is 0 Å². The van der Waals surface area contributed by atoms with Crippen LogP contribution in [0, 0.1) is 11.8 Å². The van der Waals surface area contributed by atoms with Crippen LogP contribution in [0.3, 0.4) is 0 Å². The molecule has 2 unspecified atom stereocenters. The molecule has 230 valence electrons. The smallest absolute Gasteiger partial charge is 0.338 e. The number of carbonyl (C=O) groups excluding carboxylic acids is 1. The molecule has 3 aliphatic rings. The molecule has 1 aromatic carbocycles. The van der Waals surface area contributed by atoms with Crippen LogP contribution in [0.1, 0.15) is 76.6 Å². The van der Waals surface area contributed by atoms with E-state index in [-0.39, 0.29) is 17.6 Å². The number of allylic oxidation sites excluding steroid dienone is 1. The fourth-order valence-electron chi connectivity index (χ4n) is 4.82. The first kappa shape index (κ1) is 32.7. The van der Waals surface area contributed by atoms with Crippen LogP contribution in [0.15, 0.2) is 53.6 Å². The van der Waals surface area contributed by atoms with Gasteiger partial charge in [0.25, 0.3) is 0 Å². The van der Waals surface area contributed by atoms with Gasteiger partial charge < -0.3 is 28.1 Å². The van der Waals surface area contributed by atoms with Gasteiger partial charge in [-0.05, 0) is 93.4 Å². The SMILES string of the molecule is C/C(C#CC1=C[C@@H](OC2CCCCO2)[C@H](O[Si](C)(C)C(C)(C)C)[C@H]1OC(=O)c1ccccc1)=C/COC1CCCCO1. The van der Waals surface area contributed by atoms with Crippen molar-refractivity contribution in [3.05, 3.63) is 59.2 Å². The predicted molar refractivity (Wildman–Crippen MR) is 165 cm³/mol. The fourth-order valence-corrected chi connectivity index (χ4v) is 6.11. The monoisotopic (exact) mass is 596 g/mol. The lowest BCUT2D eigenvalue weighted by Gasteiger charge is -2.41. The minimum Gasteiger partial charge on any atom is -0.450 e. The first-order chi connectivity index (χ1) is 20.0. The van der Waals surface area contributed by atoms with Crippen molar-refractivity contribution >= 4 is 14.3 Å². The molecule has 7 nitrogen and oxygen atoms in total. The van der Waals surface area contributed by atoms with Crippen LogP contribution in [0.25, 0.3) is 0 Å². The summed E-state index contributed by atoms with van der Waals surface area (Å²) in [7, 11) is -2.29. The molecule has 0 radical (unpaired) electrons. The van der Waals surface area contributed by atoms with Crippen LogP contribution in [0.2, 0.25) is 18.1 Å². The zero-order valence-corrected chi connectivity index (χ0v) is 27.1. The number of hydrogen-bond donors (Lipinski definition) is 0. The van der Waals surface area contributed by atoms with Gasteiger partial charge in [-0.15, -0.1) is 0 Å². The third-order valence-corrected chi connectivity index (χ3v) is 12.9. The van der Waals surface area contributed by atoms with Crippen molar-refractivity contribution < 1.29 is 32.9 Å². The highest BCUT2D eigenvalue weighted by atomic mass is 28.4. The zero-order valence-electron chi connectivity index (χ0n) is 26.1. The van der Waals surface area contributed by atoms with Crippen molar-refractivity contribution in [3.63, 3.8) is 0 Å². The molecular weight excluding hydrogens is 548 g/mol. The van der Waals surface area contributed by atoms with Crippen molar-refractivity contribution in [2.45, 2.75) is 115 Å². The van der Waals surface area contributed by atoms with E-state index in [0.29, 0.717) is 24.4 Å². The van der Waals surface area contributed by atoms with Gasteiger partial charge in [-0.25, -0.2) is 4.79 Å². The minimum atomic E-state index is -2.29. The van der Waals surface area contributed by atoms with Crippen LogP contribution in [0.4, 0.5) is 0 Å². The van der Waals surface area contributed by atoms with E-state index in [0.717, 1.165) is 50.7 Å². The van der Waals surface area contributed by atoms with Crippen LogP contribution in [-0.2, 0) is 28.1 Å². The topological polar surface area (TPSA) is 72.5 Å². The molecule has 0 saturated carbocycles. The number of ether oxygens (including phenoxy) is 5. The zero-order chi connectivity index (χ0) is 30.2. The molecule has 2 heterocycles. The summed E-state index contributed by atoms with van der Waals surface area (Å²) in [6.45, 7) is 14.8. The lowest BCUT2D eigenvalue weighted by Crippen LogP contribution is -2.51. The maximum absolute atomic E-state index is 13.3. The van der Waals surface area contributed by atoms with Gasteiger partial charge in [0.1, 0.15) is 12.2 Å². The second-order valence-electron chi connectivity index (χ2n) is 12.8. The molecule has 0 aromatic heterocycles. The molecule has 0 amide bonds. The highest BCUT2D eigenvalue weighted by molar-refractivity contribution is 6.74. The molecule has 42 heavy (non-hydrogen) atoms. The van der Waals surface area contributed by atoms with Gasteiger partial charge in [-0.1, -0.05) is 50.8 Å². The highest BCUT2D eigenvalue weighted by Crippen LogP contribution is 2.41. The van der Waals surface area contributed by atoms with E-state index >= 15 is 0 Å². The van der Waals surface area contributed by atoms with Crippen molar-refractivity contribution in [1.29, 1.82) is 0 Å². The molecule has 0 bridgehead atoms. The van der Waals surface area contributed by atoms with E-state index in [9.17, 15) is 4.79 Å². The molecule has 2 fully saturated rings. The summed E-state index contributed by atoms with van der Waals surface area (Å²) in [5, 5.41) is -0.0529. The third-order valence-electron chi connectivity index (χ3n) is 8.41. The summed E-state index contributed by atoms with van der Waals surface area (Å²) in [5.41, 5.74) is 2.02. The van der Waals surface area contributed by atoms with Crippen LogP contribution in [-0.4, -0.2) is 65.0 Å². The summed E-state index contributed by atoms with van der Waals surface area (Å²) in [5.74, 6) is 6.12. The largest absolute Gasteiger partial charge is 0.450 e. The number of rotatable bonds is 9. The maximum atomic E-state index is 13.3. The third kappa shape index (κ3) is 9.12. The maximum Gasteiger partial charge on any atom is 0.338 e. The van der Waals surface area contributed by atoms with E-state index in [4.69, 9.17) is 28.1 Å². The van der Waals surface area contributed by atoms with E-state index in [1.807, 2.05) is 37.3 Å². The summed E-state index contributed by atoms with van der Waals surface area (Å²) in [4.78, 5) is 13.3. The molecule has 0 spiro atoms. The summed E-state index contributed by atoms with van der Waals surface area (Å²) < 4.78 is 37.1. The molecule has 0 N–H and O–H groups in total. The summed E-state index contributed by atoms with van der Waals surface area (Å²) in [6.07, 6.45) is 7.75. The molecule has 4 rings (SSSR count). The summed E-state index contributed by atoms with van der Waals surface area (Å²) in [6, 6.07) is 9.03. The Labute approximate surface area is 253 Å². The Kier molecular flexibility index (Phi) is 11.6. The van der Waals surface area contributed by atoms with Crippen LogP contribution in [0.5, 0.6) is 0 Å². The van der Waals surface area contributed by atoms with Crippen molar-refractivity contribution in [1.82, 2.24) is 0 Å². The second-order valence-corrected chi connectivity index (χ2v) is 17.6. The van der Waals surface area contributed by atoms with Gasteiger partial charge in [0.2, 0.25) is 0 Å². The van der Waals surface area contributed by atoms with E-state index in [1.165, 1.54) is 0 Å². The van der Waals surface area contributed by atoms with E-state index in [1.54, 1.807) is 12.1 Å². The van der Waals surface area contributed by atoms with Crippen molar-refractivity contribution in [3.8, 4) is 11.8 Å². The Hall–Kier alpha value is -2.25. The fraction of sp³-hybridized carbons (Fsp3) is 0.618. The first-order valence-electron chi connectivity index (χ1n) is 15.4. The van der Waals surface area contributed by atoms with Crippen molar-refractivity contribution in [2.24, 2.45) is 0 Å². The standard InChI is InChI=1S/C34H48O7Si/c1-25(20-23-38-29-16-10-12-21-36-29)18-19-27-24-28(39-30-17-11-13-22-37-30)32(41-42(5,6)34(2,3)4)31(27)40-33(35)26-14-8-7-9-15-26/h7-9,14-15,20,24,28-32H,10-13,16-17,21-23H2,1-6H3/b25-20-/t28-,29?,30?,31+,32+/m1/s1. The Balaban J connectivity index is 1.59. The summed E-state index contributed by atoms with van der Waals surface area (Å²) >= 11 is 0. The quantitative estimate of drug-likeness (QED) is 0.174. The van der Waals surface area contributed by atoms with Gasteiger partial charge in [0.05, 0.1) is 12.2 Å². The molecule has 1 aromatic rings. The van der Waals surface area contributed by atoms with E-state index < -0.39 is 32.6 Å². The number of carbonyl (C=O) groups is 1. The molecule has 2 aliphatic heterocycles.